The molecule has 6 heteroatoms. The first kappa shape index (κ1) is 19.2. The highest BCUT2D eigenvalue weighted by atomic mass is 16.5. The van der Waals surface area contributed by atoms with E-state index in [2.05, 4.69) is 15.6 Å². The second-order valence-electron chi connectivity index (χ2n) is 6.43. The minimum absolute atomic E-state index is 0.216. The summed E-state index contributed by atoms with van der Waals surface area (Å²) in [5.74, 6) is 1.11. The lowest BCUT2D eigenvalue weighted by molar-refractivity contribution is 0.102. The van der Waals surface area contributed by atoms with Crippen LogP contribution in [0.4, 0.5) is 17.1 Å². The normalized spacial score (nSPS) is 10.3. The molecule has 1 amide bonds. The molecule has 2 aromatic carbocycles. The van der Waals surface area contributed by atoms with Crippen molar-refractivity contribution in [1.82, 2.24) is 4.98 Å². The standard InChI is InChI=1S/C22H23N3O3/c1-14-5-6-15(2)20(9-14)25-22(26)16-10-17(13-23-12-16)24-19-8-7-18(27-3)11-21(19)28-4/h5-13,24H,1-4H3,(H,25,26). The van der Waals surface area contributed by atoms with Crippen molar-refractivity contribution < 1.29 is 14.3 Å². The number of hydrogen-bond donors (Lipinski definition) is 2. The third kappa shape index (κ3) is 4.40. The highest BCUT2D eigenvalue weighted by molar-refractivity contribution is 6.05. The lowest BCUT2D eigenvalue weighted by Gasteiger charge is -2.13. The molecular formula is C22H23N3O3. The minimum atomic E-state index is -0.216. The Morgan fingerprint density at radius 3 is 2.50 bits per heavy atom. The van der Waals surface area contributed by atoms with Crippen LogP contribution in [-0.2, 0) is 0 Å². The number of aromatic nitrogens is 1. The largest absolute Gasteiger partial charge is 0.497 e. The highest BCUT2D eigenvalue weighted by Crippen LogP contribution is 2.31. The molecular weight excluding hydrogens is 354 g/mol. The molecule has 0 fully saturated rings. The SMILES string of the molecule is COc1ccc(Nc2cncc(C(=O)Nc3cc(C)ccc3C)c2)c(OC)c1. The summed E-state index contributed by atoms with van der Waals surface area (Å²) in [5.41, 5.74) is 4.76. The fourth-order valence-corrected chi connectivity index (χ4v) is 2.75. The average Bonchev–Trinajstić information content (AvgIpc) is 2.71. The molecule has 0 saturated carbocycles. The molecule has 28 heavy (non-hydrogen) atoms. The Hall–Kier alpha value is -3.54. The van der Waals surface area contributed by atoms with E-state index in [-0.39, 0.29) is 5.91 Å². The lowest BCUT2D eigenvalue weighted by Crippen LogP contribution is -2.13. The molecule has 0 radical (unpaired) electrons. The van der Waals surface area contributed by atoms with Gasteiger partial charge in [0, 0.05) is 18.0 Å². The Morgan fingerprint density at radius 2 is 1.75 bits per heavy atom. The summed E-state index contributed by atoms with van der Waals surface area (Å²) in [6.07, 6.45) is 3.19. The van der Waals surface area contributed by atoms with Crippen LogP contribution in [0.1, 0.15) is 21.5 Å². The molecule has 3 rings (SSSR count). The zero-order valence-corrected chi connectivity index (χ0v) is 16.4. The molecule has 0 bridgehead atoms. The molecule has 0 spiro atoms. The Balaban J connectivity index is 1.80. The summed E-state index contributed by atoms with van der Waals surface area (Å²) in [6, 6.07) is 13.2. The quantitative estimate of drug-likeness (QED) is 0.651. The molecule has 1 heterocycles. The molecule has 2 N–H and O–H groups in total. The number of ether oxygens (including phenoxy) is 2. The number of aryl methyl sites for hydroxylation is 2. The number of carbonyl (C=O) groups is 1. The molecule has 0 atom stereocenters. The first-order valence-corrected chi connectivity index (χ1v) is 8.83. The second kappa shape index (κ2) is 8.43. The van der Waals surface area contributed by atoms with Crippen molar-refractivity contribution in [3.05, 3.63) is 71.5 Å². The van der Waals surface area contributed by atoms with Gasteiger partial charge in [0.05, 0.1) is 37.4 Å². The summed E-state index contributed by atoms with van der Waals surface area (Å²) in [6.45, 7) is 3.95. The molecule has 1 aromatic heterocycles. The van der Waals surface area contributed by atoms with Crippen LogP contribution < -0.4 is 20.1 Å². The van der Waals surface area contributed by atoms with E-state index in [0.29, 0.717) is 22.7 Å². The topological polar surface area (TPSA) is 72.5 Å². The van der Waals surface area contributed by atoms with Gasteiger partial charge in [-0.1, -0.05) is 12.1 Å². The maximum absolute atomic E-state index is 12.7. The van der Waals surface area contributed by atoms with Crippen LogP contribution in [0.25, 0.3) is 0 Å². The zero-order valence-electron chi connectivity index (χ0n) is 16.4. The smallest absolute Gasteiger partial charge is 0.257 e. The Kier molecular flexibility index (Phi) is 5.79. The molecule has 144 valence electrons. The van der Waals surface area contributed by atoms with Gasteiger partial charge in [0.15, 0.2) is 0 Å². The molecule has 0 aliphatic rings. The highest BCUT2D eigenvalue weighted by Gasteiger charge is 2.11. The van der Waals surface area contributed by atoms with Gasteiger partial charge in [-0.25, -0.2) is 0 Å². The van der Waals surface area contributed by atoms with Crippen LogP contribution >= 0.6 is 0 Å². The van der Waals surface area contributed by atoms with Crippen molar-refractivity contribution in [3.8, 4) is 11.5 Å². The van der Waals surface area contributed by atoms with Crippen LogP contribution in [0.5, 0.6) is 11.5 Å². The van der Waals surface area contributed by atoms with Crippen LogP contribution in [0.2, 0.25) is 0 Å². The van der Waals surface area contributed by atoms with Gasteiger partial charge < -0.3 is 20.1 Å². The van der Waals surface area contributed by atoms with Gasteiger partial charge in [-0.15, -0.1) is 0 Å². The first-order chi connectivity index (χ1) is 13.5. The number of carbonyl (C=O) groups excluding carboxylic acids is 1. The Labute approximate surface area is 164 Å². The number of rotatable bonds is 6. The van der Waals surface area contributed by atoms with Gasteiger partial charge in [0.2, 0.25) is 0 Å². The van der Waals surface area contributed by atoms with Crippen molar-refractivity contribution in [1.29, 1.82) is 0 Å². The summed E-state index contributed by atoms with van der Waals surface area (Å²) in [7, 11) is 3.19. The van der Waals surface area contributed by atoms with Crippen molar-refractivity contribution in [2.45, 2.75) is 13.8 Å². The third-order valence-corrected chi connectivity index (χ3v) is 4.33. The summed E-state index contributed by atoms with van der Waals surface area (Å²) in [5, 5.41) is 6.18. The van der Waals surface area contributed by atoms with Crippen LogP contribution in [0, 0.1) is 13.8 Å². The van der Waals surface area contributed by atoms with Crippen LogP contribution in [-0.4, -0.2) is 25.1 Å². The predicted molar refractivity (Wildman–Crippen MR) is 111 cm³/mol. The predicted octanol–water partition coefficient (Wildman–Crippen LogP) is 4.71. The maximum atomic E-state index is 12.7. The summed E-state index contributed by atoms with van der Waals surface area (Å²) in [4.78, 5) is 16.9. The van der Waals surface area contributed by atoms with E-state index in [1.165, 1.54) is 6.20 Å². The Bertz CT molecular complexity index is 1000. The van der Waals surface area contributed by atoms with E-state index < -0.39 is 0 Å². The third-order valence-electron chi connectivity index (χ3n) is 4.33. The van der Waals surface area contributed by atoms with Gasteiger partial charge >= 0.3 is 0 Å². The fraction of sp³-hybridized carbons (Fsp3) is 0.182. The molecule has 3 aromatic rings. The van der Waals surface area contributed by atoms with Crippen molar-refractivity contribution >= 4 is 23.0 Å². The average molecular weight is 377 g/mol. The van der Waals surface area contributed by atoms with Gasteiger partial charge in [0.1, 0.15) is 11.5 Å². The van der Waals surface area contributed by atoms with E-state index in [0.717, 1.165) is 22.5 Å². The number of amides is 1. The van der Waals surface area contributed by atoms with Crippen LogP contribution in [0.15, 0.2) is 54.9 Å². The van der Waals surface area contributed by atoms with E-state index in [4.69, 9.17) is 9.47 Å². The molecule has 0 aliphatic carbocycles. The van der Waals surface area contributed by atoms with E-state index in [9.17, 15) is 4.79 Å². The fourth-order valence-electron chi connectivity index (χ4n) is 2.75. The monoisotopic (exact) mass is 377 g/mol. The maximum Gasteiger partial charge on any atom is 0.257 e. The summed E-state index contributed by atoms with van der Waals surface area (Å²) >= 11 is 0. The van der Waals surface area contributed by atoms with Crippen molar-refractivity contribution in [2.24, 2.45) is 0 Å². The molecule has 0 aliphatic heterocycles. The first-order valence-electron chi connectivity index (χ1n) is 8.83. The lowest BCUT2D eigenvalue weighted by atomic mass is 10.1. The van der Waals surface area contributed by atoms with Crippen molar-refractivity contribution in [2.75, 3.05) is 24.9 Å². The van der Waals surface area contributed by atoms with Crippen LogP contribution in [0.3, 0.4) is 0 Å². The van der Waals surface area contributed by atoms with E-state index in [1.54, 1.807) is 32.5 Å². The number of methoxy groups -OCH3 is 2. The second-order valence-corrected chi connectivity index (χ2v) is 6.43. The number of nitrogens with one attached hydrogen (secondary N) is 2. The van der Waals surface area contributed by atoms with Gasteiger partial charge in [-0.3, -0.25) is 9.78 Å². The summed E-state index contributed by atoms with van der Waals surface area (Å²) < 4.78 is 10.6. The van der Waals surface area contributed by atoms with Gasteiger partial charge in [-0.2, -0.15) is 0 Å². The number of anilines is 3. The Morgan fingerprint density at radius 1 is 0.929 bits per heavy atom. The number of benzene rings is 2. The number of nitrogens with zero attached hydrogens (tertiary/aromatic N) is 1. The van der Waals surface area contributed by atoms with Gasteiger partial charge in [0.25, 0.3) is 5.91 Å². The zero-order chi connectivity index (χ0) is 20.1. The number of hydrogen-bond acceptors (Lipinski definition) is 5. The molecule has 0 saturated heterocycles. The minimum Gasteiger partial charge on any atom is -0.497 e. The van der Waals surface area contributed by atoms with Gasteiger partial charge in [-0.05, 0) is 49.2 Å². The number of pyridine rings is 1. The van der Waals surface area contributed by atoms with E-state index in [1.807, 2.05) is 44.2 Å². The molecule has 0 unspecified atom stereocenters. The van der Waals surface area contributed by atoms with Crippen molar-refractivity contribution in [3.63, 3.8) is 0 Å². The molecule has 6 nitrogen and oxygen atoms in total. The van der Waals surface area contributed by atoms with E-state index >= 15 is 0 Å².